The third-order valence-electron chi connectivity index (χ3n) is 2.96. The van der Waals surface area contributed by atoms with Gasteiger partial charge < -0.3 is 9.84 Å². The molecule has 1 atom stereocenters. The molecule has 20 heavy (non-hydrogen) atoms. The normalized spacial score (nSPS) is 12.2. The largest absolute Gasteiger partial charge is 0.493 e. The summed E-state index contributed by atoms with van der Waals surface area (Å²) < 4.78 is 6.31. The minimum absolute atomic E-state index is 0.529. The Morgan fingerprint density at radius 1 is 1.25 bits per heavy atom. The summed E-state index contributed by atoms with van der Waals surface area (Å²) in [7, 11) is 0. The van der Waals surface area contributed by atoms with Crippen LogP contribution in [0.15, 0.2) is 46.9 Å². The molecule has 0 spiro atoms. The average molecular weight is 356 g/mol. The van der Waals surface area contributed by atoms with Gasteiger partial charge in [-0.2, -0.15) is 0 Å². The summed E-state index contributed by atoms with van der Waals surface area (Å²) in [6.07, 6.45) is -0.0403. The lowest BCUT2D eigenvalue weighted by atomic mass is 10.0. The highest BCUT2D eigenvalue weighted by Gasteiger charge is 2.11. The molecular formula is C16H16BrClO2. The van der Waals surface area contributed by atoms with Gasteiger partial charge in [0.2, 0.25) is 0 Å². The minimum atomic E-state index is -0.569. The van der Waals surface area contributed by atoms with Crippen LogP contribution in [0.2, 0.25) is 5.02 Å². The number of hydrogen-bond donors (Lipinski definition) is 1. The van der Waals surface area contributed by atoms with E-state index in [4.69, 9.17) is 16.3 Å². The van der Waals surface area contributed by atoms with Crippen LogP contribution in [0.25, 0.3) is 0 Å². The quantitative estimate of drug-likeness (QED) is 0.836. The van der Waals surface area contributed by atoms with Crippen molar-refractivity contribution in [1.82, 2.24) is 0 Å². The van der Waals surface area contributed by atoms with E-state index in [0.29, 0.717) is 18.1 Å². The third-order valence-corrected chi connectivity index (χ3v) is 3.81. The Balaban J connectivity index is 2.13. The zero-order valence-corrected chi connectivity index (χ0v) is 13.5. The molecule has 1 unspecified atom stereocenters. The molecule has 2 aromatic rings. The third kappa shape index (κ3) is 3.98. The molecule has 106 valence electrons. The van der Waals surface area contributed by atoms with E-state index in [9.17, 15) is 5.11 Å². The Bertz CT molecular complexity index is 586. The lowest BCUT2D eigenvalue weighted by Crippen LogP contribution is -2.02. The van der Waals surface area contributed by atoms with Crippen molar-refractivity contribution in [3.05, 3.63) is 63.1 Å². The zero-order chi connectivity index (χ0) is 14.5. The van der Waals surface area contributed by atoms with E-state index in [0.717, 1.165) is 21.3 Å². The maximum atomic E-state index is 10.3. The van der Waals surface area contributed by atoms with Crippen molar-refractivity contribution in [2.24, 2.45) is 0 Å². The van der Waals surface area contributed by atoms with Crippen LogP contribution in [-0.4, -0.2) is 11.7 Å². The van der Waals surface area contributed by atoms with Crippen molar-refractivity contribution in [1.29, 1.82) is 0 Å². The van der Waals surface area contributed by atoms with Crippen molar-refractivity contribution in [3.63, 3.8) is 0 Å². The summed E-state index contributed by atoms with van der Waals surface area (Å²) in [5.41, 5.74) is 1.86. The summed E-state index contributed by atoms with van der Waals surface area (Å²) >= 11 is 9.41. The van der Waals surface area contributed by atoms with E-state index in [1.165, 1.54) is 0 Å². The van der Waals surface area contributed by atoms with Gasteiger partial charge in [0.15, 0.2) is 0 Å². The molecule has 0 saturated heterocycles. The summed E-state index contributed by atoms with van der Waals surface area (Å²) in [6.45, 7) is 2.55. The molecule has 2 aromatic carbocycles. The molecule has 0 fully saturated rings. The Labute approximate surface area is 132 Å². The molecule has 2 nitrogen and oxygen atoms in total. The fraction of sp³-hybridized carbons (Fsp3) is 0.250. The summed E-state index contributed by atoms with van der Waals surface area (Å²) in [6, 6.07) is 13.2. The Kier molecular flexibility index (Phi) is 5.46. The van der Waals surface area contributed by atoms with E-state index in [2.05, 4.69) is 15.9 Å². The molecule has 1 N–H and O–H groups in total. The molecule has 0 bridgehead atoms. The van der Waals surface area contributed by atoms with Crippen molar-refractivity contribution < 1.29 is 9.84 Å². The summed E-state index contributed by atoms with van der Waals surface area (Å²) in [4.78, 5) is 0. The second-order valence-corrected chi connectivity index (χ2v) is 5.76. The molecule has 0 heterocycles. The smallest absolute Gasteiger partial charge is 0.133 e. The SMILES string of the molecule is CCOc1ccc(C(O)Cc2cccc(Cl)c2)cc1Br. The first-order valence-corrected chi connectivity index (χ1v) is 7.62. The predicted molar refractivity (Wildman–Crippen MR) is 85.4 cm³/mol. The Morgan fingerprint density at radius 2 is 2.05 bits per heavy atom. The first-order chi connectivity index (χ1) is 9.60. The lowest BCUT2D eigenvalue weighted by molar-refractivity contribution is 0.178. The van der Waals surface area contributed by atoms with Crippen LogP contribution in [0.5, 0.6) is 5.75 Å². The second kappa shape index (κ2) is 7.11. The molecule has 2 rings (SSSR count). The van der Waals surface area contributed by atoms with Gasteiger partial charge in [-0.25, -0.2) is 0 Å². The number of rotatable bonds is 5. The topological polar surface area (TPSA) is 29.5 Å². The van der Waals surface area contributed by atoms with Gasteiger partial charge in [0.1, 0.15) is 5.75 Å². The highest BCUT2D eigenvalue weighted by Crippen LogP contribution is 2.29. The standard InChI is InChI=1S/C16H16BrClO2/c1-2-20-16-7-6-12(10-14(16)17)15(19)9-11-4-3-5-13(18)8-11/h3-8,10,15,19H,2,9H2,1H3. The van der Waals surface area contributed by atoms with E-state index in [1.807, 2.05) is 49.4 Å². The summed E-state index contributed by atoms with van der Waals surface area (Å²) in [5.74, 6) is 0.784. The number of halogens is 2. The molecule has 0 aliphatic rings. The second-order valence-electron chi connectivity index (χ2n) is 4.47. The van der Waals surface area contributed by atoms with Crippen LogP contribution in [-0.2, 0) is 6.42 Å². The van der Waals surface area contributed by atoms with Crippen molar-refractivity contribution >= 4 is 27.5 Å². The fourth-order valence-corrected chi connectivity index (χ4v) is 2.73. The average Bonchev–Trinajstić information content (AvgIpc) is 2.41. The van der Waals surface area contributed by atoms with Gasteiger partial charge in [0.25, 0.3) is 0 Å². The first-order valence-electron chi connectivity index (χ1n) is 6.45. The minimum Gasteiger partial charge on any atom is -0.493 e. The molecule has 0 radical (unpaired) electrons. The lowest BCUT2D eigenvalue weighted by Gasteiger charge is -2.13. The van der Waals surface area contributed by atoms with Crippen molar-refractivity contribution in [2.75, 3.05) is 6.61 Å². The monoisotopic (exact) mass is 354 g/mol. The number of ether oxygens (including phenoxy) is 1. The maximum Gasteiger partial charge on any atom is 0.133 e. The number of aliphatic hydroxyl groups excluding tert-OH is 1. The number of aliphatic hydroxyl groups is 1. The fourth-order valence-electron chi connectivity index (χ4n) is 2.00. The molecule has 4 heteroatoms. The Hall–Kier alpha value is -1.03. The van der Waals surface area contributed by atoms with Gasteiger partial charge in [0, 0.05) is 11.4 Å². The summed E-state index contributed by atoms with van der Waals surface area (Å²) in [5, 5.41) is 11.0. The van der Waals surface area contributed by atoms with Gasteiger partial charge >= 0.3 is 0 Å². The van der Waals surface area contributed by atoms with Crippen LogP contribution in [0, 0.1) is 0 Å². The number of benzene rings is 2. The number of hydrogen-bond acceptors (Lipinski definition) is 2. The van der Waals surface area contributed by atoms with E-state index in [-0.39, 0.29) is 0 Å². The van der Waals surface area contributed by atoms with Gasteiger partial charge in [0.05, 0.1) is 17.2 Å². The van der Waals surface area contributed by atoms with E-state index < -0.39 is 6.10 Å². The van der Waals surface area contributed by atoms with Crippen LogP contribution in [0.4, 0.5) is 0 Å². The molecule has 0 aliphatic carbocycles. The van der Waals surface area contributed by atoms with Gasteiger partial charge in [-0.3, -0.25) is 0 Å². The molecule has 0 aliphatic heterocycles. The zero-order valence-electron chi connectivity index (χ0n) is 11.1. The molecule has 0 amide bonds. The molecule has 0 aromatic heterocycles. The molecular weight excluding hydrogens is 340 g/mol. The van der Waals surface area contributed by atoms with Crippen molar-refractivity contribution in [3.8, 4) is 5.75 Å². The van der Waals surface area contributed by atoms with Gasteiger partial charge in [-0.15, -0.1) is 0 Å². The van der Waals surface area contributed by atoms with Crippen LogP contribution in [0.1, 0.15) is 24.2 Å². The van der Waals surface area contributed by atoms with Crippen LogP contribution in [0.3, 0.4) is 0 Å². The van der Waals surface area contributed by atoms with E-state index in [1.54, 1.807) is 0 Å². The first kappa shape index (κ1) is 15.4. The highest BCUT2D eigenvalue weighted by molar-refractivity contribution is 9.10. The molecule has 0 saturated carbocycles. The predicted octanol–water partition coefficient (Wildman–Crippen LogP) is 4.78. The maximum absolute atomic E-state index is 10.3. The van der Waals surface area contributed by atoms with E-state index >= 15 is 0 Å². The highest BCUT2D eigenvalue weighted by atomic mass is 79.9. The Morgan fingerprint density at radius 3 is 2.70 bits per heavy atom. The van der Waals surface area contributed by atoms with Crippen molar-refractivity contribution in [2.45, 2.75) is 19.4 Å². The van der Waals surface area contributed by atoms with Crippen LogP contribution >= 0.6 is 27.5 Å². The van der Waals surface area contributed by atoms with Gasteiger partial charge in [-0.05, 0) is 58.2 Å². The van der Waals surface area contributed by atoms with Gasteiger partial charge in [-0.1, -0.05) is 29.8 Å². The van der Waals surface area contributed by atoms with Crippen LogP contribution < -0.4 is 4.74 Å².